The molecular weight excluding hydrogens is 153 g/mol. The van der Waals surface area contributed by atoms with Crippen LogP contribution in [0.25, 0.3) is 0 Å². The van der Waals surface area contributed by atoms with Gasteiger partial charge in [-0.25, -0.2) is 0 Å². The molecule has 0 bridgehead atoms. The maximum Gasteiger partial charge on any atom is 0.0182 e. The topological polar surface area (TPSA) is 3.24 Å². The first-order chi connectivity index (χ1) is 5.11. The van der Waals surface area contributed by atoms with Crippen molar-refractivity contribution in [2.24, 2.45) is 0 Å². The second-order valence-electron chi connectivity index (χ2n) is 4.01. The van der Waals surface area contributed by atoms with Gasteiger partial charge in [0.25, 0.3) is 0 Å². The van der Waals surface area contributed by atoms with Crippen LogP contribution in [0.2, 0.25) is 0 Å². The molecule has 0 aromatic rings. The third kappa shape index (κ3) is 2.42. The fourth-order valence-electron chi connectivity index (χ4n) is 1.85. The summed E-state index contributed by atoms with van der Waals surface area (Å²) in [6.45, 7) is 4.86. The van der Waals surface area contributed by atoms with E-state index in [2.05, 4.69) is 32.8 Å². The van der Waals surface area contributed by atoms with E-state index in [9.17, 15) is 0 Å². The summed E-state index contributed by atoms with van der Waals surface area (Å²) < 4.78 is 0. The Morgan fingerprint density at radius 3 is 2.00 bits per heavy atom. The van der Waals surface area contributed by atoms with Gasteiger partial charge >= 0.3 is 0 Å². The number of rotatable bonds is 2. The predicted octanol–water partition coefficient (Wildman–Crippen LogP) is 2.56. The Bertz CT molecular complexity index is 115. The van der Waals surface area contributed by atoms with E-state index in [4.69, 9.17) is 0 Å². The molecule has 66 valence electrons. The van der Waals surface area contributed by atoms with Crippen molar-refractivity contribution in [3.8, 4) is 0 Å². The van der Waals surface area contributed by atoms with E-state index in [1.807, 2.05) is 0 Å². The fourth-order valence-corrected chi connectivity index (χ4v) is 4.89. The number of nitrogens with zero attached hydrogens (tertiary/aromatic N) is 1. The lowest BCUT2D eigenvalue weighted by molar-refractivity contribution is 0.479. The lowest BCUT2D eigenvalue weighted by Crippen LogP contribution is -2.16. The molecule has 1 rings (SSSR count). The van der Waals surface area contributed by atoms with Crippen LogP contribution in [0.1, 0.15) is 26.7 Å². The molecule has 1 saturated heterocycles. The third-order valence-electron chi connectivity index (χ3n) is 2.58. The van der Waals surface area contributed by atoms with Crippen molar-refractivity contribution < 1.29 is 0 Å². The summed E-state index contributed by atoms with van der Waals surface area (Å²) in [5.41, 5.74) is 2.03. The molecule has 0 unspecified atom stereocenters. The smallest absolute Gasteiger partial charge is 0.0182 e. The molecule has 0 N–H and O–H groups in total. The van der Waals surface area contributed by atoms with E-state index in [0.29, 0.717) is 7.92 Å². The van der Waals surface area contributed by atoms with Crippen LogP contribution in [-0.4, -0.2) is 36.6 Å². The summed E-state index contributed by atoms with van der Waals surface area (Å²) in [6.07, 6.45) is 4.29. The van der Waals surface area contributed by atoms with Gasteiger partial charge in [0, 0.05) is 6.29 Å². The van der Waals surface area contributed by atoms with Gasteiger partial charge in [-0.05, 0) is 38.3 Å². The molecule has 0 aromatic carbocycles. The summed E-state index contributed by atoms with van der Waals surface area (Å²) in [7, 11) is 4.71. The van der Waals surface area contributed by atoms with Gasteiger partial charge in [0.15, 0.2) is 0 Å². The summed E-state index contributed by atoms with van der Waals surface area (Å²) in [6, 6.07) is 0. The molecule has 1 fully saturated rings. The minimum atomic E-state index is 0.319. The SMILES string of the molecule is C[C@@H]1CC[C@@H](C)P1CN(C)C. The van der Waals surface area contributed by atoms with E-state index in [1.165, 1.54) is 19.1 Å². The molecule has 2 atom stereocenters. The quantitative estimate of drug-likeness (QED) is 0.580. The Hall–Kier alpha value is 0.390. The van der Waals surface area contributed by atoms with Gasteiger partial charge in [0.05, 0.1) is 0 Å². The van der Waals surface area contributed by atoms with E-state index in [1.54, 1.807) is 0 Å². The maximum absolute atomic E-state index is 2.43. The van der Waals surface area contributed by atoms with E-state index >= 15 is 0 Å². The first kappa shape index (κ1) is 9.48. The van der Waals surface area contributed by atoms with Crippen LogP contribution >= 0.6 is 7.92 Å². The lowest BCUT2D eigenvalue weighted by Gasteiger charge is -2.24. The first-order valence-electron chi connectivity index (χ1n) is 4.51. The Morgan fingerprint density at radius 1 is 1.18 bits per heavy atom. The molecular formula is C9H20NP. The number of hydrogen-bond donors (Lipinski definition) is 0. The first-order valence-corrected chi connectivity index (χ1v) is 6.18. The highest BCUT2D eigenvalue weighted by atomic mass is 31.1. The zero-order chi connectivity index (χ0) is 8.43. The second-order valence-corrected chi connectivity index (χ2v) is 7.09. The predicted molar refractivity (Wildman–Crippen MR) is 53.6 cm³/mol. The minimum absolute atomic E-state index is 0.319. The summed E-state index contributed by atoms with van der Waals surface area (Å²) in [4.78, 5) is 2.35. The van der Waals surface area contributed by atoms with Gasteiger partial charge in [-0.2, -0.15) is 0 Å². The van der Waals surface area contributed by atoms with E-state index < -0.39 is 0 Å². The van der Waals surface area contributed by atoms with Crippen LogP contribution in [0.5, 0.6) is 0 Å². The summed E-state index contributed by atoms with van der Waals surface area (Å²) >= 11 is 0. The highest BCUT2D eigenvalue weighted by molar-refractivity contribution is 7.59. The zero-order valence-electron chi connectivity index (χ0n) is 8.17. The molecule has 1 aliphatic heterocycles. The second kappa shape index (κ2) is 3.87. The highest BCUT2D eigenvalue weighted by Gasteiger charge is 2.29. The van der Waals surface area contributed by atoms with Crippen LogP contribution in [-0.2, 0) is 0 Å². The standard InChI is InChI=1S/C9H20NP/c1-8-5-6-9(2)11(8)7-10(3)4/h8-9H,5-7H2,1-4H3/t8-,9-/m1/s1. The van der Waals surface area contributed by atoms with Crippen molar-refractivity contribution in [2.45, 2.75) is 38.0 Å². The molecule has 1 aliphatic rings. The highest BCUT2D eigenvalue weighted by Crippen LogP contribution is 2.55. The lowest BCUT2D eigenvalue weighted by atomic mass is 10.2. The van der Waals surface area contributed by atoms with Crippen LogP contribution in [0.3, 0.4) is 0 Å². The average Bonchev–Trinajstić information content (AvgIpc) is 2.18. The largest absolute Gasteiger partial charge is 0.305 e. The molecule has 0 saturated carbocycles. The fraction of sp³-hybridized carbons (Fsp3) is 1.00. The van der Waals surface area contributed by atoms with Crippen LogP contribution in [0.15, 0.2) is 0 Å². The maximum atomic E-state index is 2.43. The van der Waals surface area contributed by atoms with Crippen molar-refractivity contribution in [2.75, 3.05) is 20.4 Å². The molecule has 0 aromatic heterocycles. The molecule has 1 heterocycles. The van der Waals surface area contributed by atoms with Gasteiger partial charge in [-0.3, -0.25) is 0 Å². The van der Waals surface area contributed by atoms with E-state index in [0.717, 1.165) is 11.3 Å². The third-order valence-corrected chi connectivity index (χ3v) is 6.25. The molecule has 0 aliphatic carbocycles. The molecule has 0 spiro atoms. The van der Waals surface area contributed by atoms with Gasteiger partial charge in [0.2, 0.25) is 0 Å². The molecule has 1 nitrogen and oxygen atoms in total. The molecule has 11 heavy (non-hydrogen) atoms. The zero-order valence-corrected chi connectivity index (χ0v) is 9.06. The molecule has 0 radical (unpaired) electrons. The summed E-state index contributed by atoms with van der Waals surface area (Å²) in [5.74, 6) is 0. The normalized spacial score (nSPS) is 33.5. The Kier molecular flexibility index (Phi) is 3.33. The van der Waals surface area contributed by atoms with Crippen LogP contribution in [0, 0.1) is 0 Å². The van der Waals surface area contributed by atoms with Crippen LogP contribution in [0.4, 0.5) is 0 Å². The number of hydrogen-bond acceptors (Lipinski definition) is 1. The molecule has 0 amide bonds. The monoisotopic (exact) mass is 173 g/mol. The van der Waals surface area contributed by atoms with Crippen molar-refractivity contribution >= 4 is 7.92 Å². The van der Waals surface area contributed by atoms with Crippen molar-refractivity contribution in [3.63, 3.8) is 0 Å². The van der Waals surface area contributed by atoms with Gasteiger partial charge < -0.3 is 4.90 Å². The van der Waals surface area contributed by atoms with E-state index in [-0.39, 0.29) is 0 Å². The van der Waals surface area contributed by atoms with Crippen molar-refractivity contribution in [1.29, 1.82) is 0 Å². The summed E-state index contributed by atoms with van der Waals surface area (Å²) in [5, 5.41) is 0. The van der Waals surface area contributed by atoms with Crippen LogP contribution < -0.4 is 0 Å². The Labute approximate surface area is 71.9 Å². The average molecular weight is 173 g/mol. The molecule has 2 heteroatoms. The Morgan fingerprint density at radius 2 is 1.64 bits per heavy atom. The Balaban J connectivity index is 2.41. The van der Waals surface area contributed by atoms with Crippen molar-refractivity contribution in [1.82, 2.24) is 4.90 Å². The minimum Gasteiger partial charge on any atom is -0.305 e. The van der Waals surface area contributed by atoms with Gasteiger partial charge in [-0.1, -0.05) is 21.8 Å². The van der Waals surface area contributed by atoms with Gasteiger partial charge in [-0.15, -0.1) is 0 Å². The van der Waals surface area contributed by atoms with Gasteiger partial charge in [0.1, 0.15) is 0 Å². The van der Waals surface area contributed by atoms with Crippen molar-refractivity contribution in [3.05, 3.63) is 0 Å².